The van der Waals surface area contributed by atoms with Crippen molar-refractivity contribution in [3.05, 3.63) is 60.4 Å². The van der Waals surface area contributed by atoms with Gasteiger partial charge in [-0.2, -0.15) is 0 Å². The van der Waals surface area contributed by atoms with Crippen LogP contribution >= 0.6 is 0 Å². The number of benzene rings is 1. The van der Waals surface area contributed by atoms with Gasteiger partial charge in [0.2, 0.25) is 0 Å². The van der Waals surface area contributed by atoms with Crippen LogP contribution in [0.15, 0.2) is 54.9 Å². The number of rotatable bonds is 7. The third kappa shape index (κ3) is 5.74. The van der Waals surface area contributed by atoms with Crippen LogP contribution in [0.5, 0.6) is 0 Å². The molecule has 0 bridgehead atoms. The van der Waals surface area contributed by atoms with E-state index in [1.807, 2.05) is 42.7 Å². The van der Waals surface area contributed by atoms with Crippen LogP contribution in [0.25, 0.3) is 0 Å². The molecule has 138 valence electrons. The SMILES string of the molecule is O=C(NCCNC1CCN(c2ccncc2)CC1)OCc1ccccc1. The number of piperidine rings is 1. The fraction of sp³-hybridized carbons (Fsp3) is 0.400. The number of carbonyl (C=O) groups excluding carboxylic acids is 1. The summed E-state index contributed by atoms with van der Waals surface area (Å²) < 4.78 is 5.19. The van der Waals surface area contributed by atoms with Gasteiger partial charge < -0.3 is 20.3 Å². The summed E-state index contributed by atoms with van der Waals surface area (Å²) in [5.74, 6) is 0. The maximum absolute atomic E-state index is 11.7. The molecule has 0 unspecified atom stereocenters. The van der Waals surface area contributed by atoms with E-state index in [0.29, 0.717) is 19.2 Å². The topological polar surface area (TPSA) is 66.5 Å². The highest BCUT2D eigenvalue weighted by Gasteiger charge is 2.18. The summed E-state index contributed by atoms with van der Waals surface area (Å²) in [6.45, 7) is 3.69. The highest BCUT2D eigenvalue weighted by Crippen LogP contribution is 2.18. The number of alkyl carbamates (subject to hydrolysis) is 1. The molecule has 1 aromatic carbocycles. The van der Waals surface area contributed by atoms with E-state index in [-0.39, 0.29) is 6.09 Å². The number of anilines is 1. The molecule has 1 aliphatic heterocycles. The molecule has 1 saturated heterocycles. The van der Waals surface area contributed by atoms with E-state index in [1.54, 1.807) is 0 Å². The Morgan fingerprint density at radius 3 is 2.54 bits per heavy atom. The predicted octanol–water partition coefficient (Wildman–Crippen LogP) is 2.57. The number of nitrogens with zero attached hydrogens (tertiary/aromatic N) is 2. The molecule has 0 spiro atoms. The Labute approximate surface area is 154 Å². The number of hydrogen-bond donors (Lipinski definition) is 2. The van der Waals surface area contributed by atoms with Crippen LogP contribution in [-0.4, -0.2) is 43.3 Å². The van der Waals surface area contributed by atoms with Gasteiger partial charge >= 0.3 is 6.09 Å². The lowest BCUT2D eigenvalue weighted by atomic mass is 10.0. The molecule has 0 saturated carbocycles. The Morgan fingerprint density at radius 2 is 1.81 bits per heavy atom. The number of aromatic nitrogens is 1. The maximum atomic E-state index is 11.7. The molecule has 6 nitrogen and oxygen atoms in total. The number of pyridine rings is 1. The van der Waals surface area contributed by atoms with E-state index in [2.05, 4.69) is 32.7 Å². The number of carbonyl (C=O) groups is 1. The highest BCUT2D eigenvalue weighted by atomic mass is 16.5. The molecule has 0 atom stereocenters. The van der Waals surface area contributed by atoms with Crippen molar-refractivity contribution >= 4 is 11.8 Å². The second-order valence-corrected chi connectivity index (χ2v) is 6.41. The van der Waals surface area contributed by atoms with E-state index < -0.39 is 0 Å². The summed E-state index contributed by atoms with van der Waals surface area (Å²) in [6, 6.07) is 14.3. The maximum Gasteiger partial charge on any atom is 0.407 e. The van der Waals surface area contributed by atoms with Crippen molar-refractivity contribution in [3.63, 3.8) is 0 Å². The smallest absolute Gasteiger partial charge is 0.407 e. The first kappa shape index (κ1) is 18.2. The van der Waals surface area contributed by atoms with Crippen molar-refractivity contribution in [1.29, 1.82) is 0 Å². The molecule has 0 aliphatic carbocycles. The molecular weight excluding hydrogens is 328 g/mol. The number of hydrogen-bond acceptors (Lipinski definition) is 5. The van der Waals surface area contributed by atoms with E-state index in [4.69, 9.17) is 4.74 Å². The van der Waals surface area contributed by atoms with Gasteiger partial charge in [0.15, 0.2) is 0 Å². The number of ether oxygens (including phenoxy) is 1. The van der Waals surface area contributed by atoms with Crippen LogP contribution in [0.2, 0.25) is 0 Å². The molecular formula is C20H26N4O2. The zero-order valence-electron chi connectivity index (χ0n) is 14.9. The van der Waals surface area contributed by atoms with Gasteiger partial charge in [0.05, 0.1) is 0 Å². The van der Waals surface area contributed by atoms with Gasteiger partial charge in [0.1, 0.15) is 6.61 Å². The molecule has 2 aromatic rings. The average Bonchev–Trinajstić information content (AvgIpc) is 2.71. The van der Waals surface area contributed by atoms with Crippen LogP contribution in [-0.2, 0) is 11.3 Å². The first-order valence-electron chi connectivity index (χ1n) is 9.14. The molecule has 3 rings (SSSR count). The molecule has 2 N–H and O–H groups in total. The molecule has 0 radical (unpaired) electrons. The van der Waals surface area contributed by atoms with Gasteiger partial charge in [0, 0.05) is 50.3 Å². The van der Waals surface area contributed by atoms with Gasteiger partial charge in [-0.05, 0) is 30.5 Å². The third-order valence-corrected chi connectivity index (χ3v) is 4.56. The molecule has 1 aromatic heterocycles. The van der Waals surface area contributed by atoms with Crippen molar-refractivity contribution in [3.8, 4) is 0 Å². The first-order valence-corrected chi connectivity index (χ1v) is 9.14. The zero-order valence-corrected chi connectivity index (χ0v) is 14.9. The van der Waals surface area contributed by atoms with E-state index in [1.165, 1.54) is 5.69 Å². The van der Waals surface area contributed by atoms with Crippen LogP contribution in [0.4, 0.5) is 10.5 Å². The summed E-state index contributed by atoms with van der Waals surface area (Å²) in [5.41, 5.74) is 2.23. The van der Waals surface area contributed by atoms with E-state index >= 15 is 0 Å². The second kappa shape index (κ2) is 9.77. The van der Waals surface area contributed by atoms with Crippen molar-refractivity contribution in [2.24, 2.45) is 0 Å². The van der Waals surface area contributed by atoms with E-state index in [9.17, 15) is 4.79 Å². The minimum Gasteiger partial charge on any atom is -0.445 e. The van der Waals surface area contributed by atoms with Crippen molar-refractivity contribution in [1.82, 2.24) is 15.6 Å². The Hall–Kier alpha value is -2.60. The average molecular weight is 354 g/mol. The predicted molar refractivity (Wildman–Crippen MR) is 102 cm³/mol. The monoisotopic (exact) mass is 354 g/mol. The summed E-state index contributed by atoms with van der Waals surface area (Å²) >= 11 is 0. The molecule has 2 heterocycles. The van der Waals surface area contributed by atoms with Gasteiger partial charge in [-0.1, -0.05) is 30.3 Å². The highest BCUT2D eigenvalue weighted by molar-refractivity contribution is 5.67. The lowest BCUT2D eigenvalue weighted by Gasteiger charge is -2.34. The fourth-order valence-corrected chi connectivity index (χ4v) is 3.11. The summed E-state index contributed by atoms with van der Waals surface area (Å²) in [5, 5.41) is 6.30. The Morgan fingerprint density at radius 1 is 1.08 bits per heavy atom. The molecule has 6 heteroatoms. The van der Waals surface area contributed by atoms with E-state index in [0.717, 1.165) is 38.0 Å². The fourth-order valence-electron chi connectivity index (χ4n) is 3.11. The van der Waals surface area contributed by atoms with Crippen LogP contribution in [0.3, 0.4) is 0 Å². The summed E-state index contributed by atoms with van der Waals surface area (Å²) in [4.78, 5) is 18.1. The van der Waals surface area contributed by atoms with Gasteiger partial charge in [-0.25, -0.2) is 4.79 Å². The Balaban J connectivity index is 1.26. The summed E-state index contributed by atoms with van der Waals surface area (Å²) in [7, 11) is 0. The van der Waals surface area contributed by atoms with Crippen molar-refractivity contribution < 1.29 is 9.53 Å². The van der Waals surface area contributed by atoms with Crippen molar-refractivity contribution in [2.45, 2.75) is 25.5 Å². The molecule has 26 heavy (non-hydrogen) atoms. The largest absolute Gasteiger partial charge is 0.445 e. The Bertz CT molecular complexity index is 658. The standard InChI is InChI=1S/C20H26N4O2/c25-20(26-16-17-4-2-1-3-5-17)23-13-12-22-18-8-14-24(15-9-18)19-6-10-21-11-7-19/h1-7,10-11,18,22H,8-9,12-16H2,(H,23,25). The van der Waals surface area contributed by atoms with Crippen LogP contribution < -0.4 is 15.5 Å². The van der Waals surface area contributed by atoms with Crippen molar-refractivity contribution in [2.75, 3.05) is 31.1 Å². The Kier molecular flexibility index (Phi) is 6.84. The quantitative estimate of drug-likeness (QED) is 0.748. The molecule has 1 fully saturated rings. The van der Waals surface area contributed by atoms with Crippen LogP contribution in [0, 0.1) is 0 Å². The minimum absolute atomic E-state index is 0.299. The van der Waals surface area contributed by atoms with Gasteiger partial charge in [-0.15, -0.1) is 0 Å². The van der Waals surface area contributed by atoms with Gasteiger partial charge in [-0.3, -0.25) is 4.98 Å². The normalized spacial score (nSPS) is 14.8. The summed E-state index contributed by atoms with van der Waals surface area (Å²) in [6.07, 6.45) is 5.49. The second-order valence-electron chi connectivity index (χ2n) is 6.41. The van der Waals surface area contributed by atoms with Gasteiger partial charge in [0.25, 0.3) is 0 Å². The molecule has 1 amide bonds. The first-order chi connectivity index (χ1) is 12.8. The lowest BCUT2D eigenvalue weighted by molar-refractivity contribution is 0.139. The van der Waals surface area contributed by atoms with Crippen LogP contribution in [0.1, 0.15) is 18.4 Å². The lowest BCUT2D eigenvalue weighted by Crippen LogP contribution is -2.44. The zero-order chi connectivity index (χ0) is 18.0. The minimum atomic E-state index is -0.372. The number of nitrogens with one attached hydrogen (secondary N) is 2. The molecule has 1 aliphatic rings. The number of amides is 1. The third-order valence-electron chi connectivity index (χ3n) is 4.56.